The molecular weight excluding hydrogens is 332 g/mol. The second kappa shape index (κ2) is 7.44. The van der Waals surface area contributed by atoms with Crippen molar-refractivity contribution in [2.75, 3.05) is 6.54 Å². The van der Waals surface area contributed by atoms with Crippen LogP contribution in [-0.4, -0.2) is 44.7 Å². The van der Waals surface area contributed by atoms with Crippen molar-refractivity contribution in [1.82, 2.24) is 15.2 Å². The minimum atomic E-state index is -0.380. The molecule has 1 aromatic rings. The smallest absolute Gasteiger partial charge is 0.242 e. The van der Waals surface area contributed by atoms with Crippen molar-refractivity contribution in [2.24, 2.45) is 4.99 Å². The van der Waals surface area contributed by atoms with E-state index < -0.39 is 0 Å². The third-order valence-electron chi connectivity index (χ3n) is 4.04. The number of amides is 2. The third-order valence-corrected chi connectivity index (χ3v) is 5.88. The van der Waals surface area contributed by atoms with Crippen molar-refractivity contribution < 1.29 is 9.59 Å². The number of thiazole rings is 1. The van der Waals surface area contributed by atoms with Crippen LogP contribution in [0.2, 0.25) is 0 Å². The molecule has 124 valence electrons. The number of hydrogen-bond acceptors (Lipinski definition) is 6. The molecule has 0 bridgehead atoms. The molecule has 2 heterocycles. The maximum absolute atomic E-state index is 12.5. The summed E-state index contributed by atoms with van der Waals surface area (Å²) in [5.74, 6) is -0.0660. The second-order valence-electron chi connectivity index (χ2n) is 5.65. The van der Waals surface area contributed by atoms with Crippen molar-refractivity contribution in [1.29, 1.82) is 0 Å². The van der Waals surface area contributed by atoms with Crippen molar-refractivity contribution in [3.05, 3.63) is 11.6 Å². The molecule has 2 fully saturated rings. The summed E-state index contributed by atoms with van der Waals surface area (Å²) < 4.78 is 0. The van der Waals surface area contributed by atoms with Gasteiger partial charge in [-0.05, 0) is 19.8 Å². The largest absolute Gasteiger partial charge is 0.353 e. The second-order valence-corrected chi connectivity index (χ2v) is 7.69. The number of hydrogen-bond donors (Lipinski definition) is 1. The molecule has 3 rings (SSSR count). The molecular formula is C15H20N4O2S2. The monoisotopic (exact) mass is 352 g/mol. The first-order chi connectivity index (χ1) is 11.2. The standard InChI is InChI=1S/C15H20N4O2S2/c1-2-19-13(21)11(9-12(20)17-10-5-3-4-6-10)23-15(19)18-14-16-7-8-22-14/h7-8,10-11H,2-6,9H2,1H3,(H,17,20)/b18-15+. The Morgan fingerprint density at radius 1 is 1.48 bits per heavy atom. The SMILES string of the molecule is CCN1C(=O)C(CC(=O)NC2CCCC2)S/C1=N/c1nccs1. The molecule has 2 amide bonds. The summed E-state index contributed by atoms with van der Waals surface area (Å²) in [4.78, 5) is 34.9. The van der Waals surface area contributed by atoms with Gasteiger partial charge in [0.1, 0.15) is 5.25 Å². The lowest BCUT2D eigenvalue weighted by Crippen LogP contribution is -2.37. The number of amidine groups is 1. The number of nitrogens with zero attached hydrogens (tertiary/aromatic N) is 3. The minimum Gasteiger partial charge on any atom is -0.353 e. The van der Waals surface area contributed by atoms with E-state index in [-0.39, 0.29) is 29.5 Å². The van der Waals surface area contributed by atoms with E-state index in [2.05, 4.69) is 15.3 Å². The fourth-order valence-electron chi connectivity index (χ4n) is 2.89. The van der Waals surface area contributed by atoms with Crippen LogP contribution in [0.25, 0.3) is 0 Å². The number of aliphatic imine (C=N–C) groups is 1. The van der Waals surface area contributed by atoms with E-state index in [9.17, 15) is 9.59 Å². The molecule has 23 heavy (non-hydrogen) atoms. The van der Waals surface area contributed by atoms with Gasteiger partial charge in [-0.1, -0.05) is 24.6 Å². The zero-order valence-corrected chi connectivity index (χ0v) is 14.7. The van der Waals surface area contributed by atoms with Gasteiger partial charge in [-0.15, -0.1) is 11.3 Å². The first-order valence-electron chi connectivity index (χ1n) is 7.93. The van der Waals surface area contributed by atoms with E-state index in [0.717, 1.165) is 12.8 Å². The van der Waals surface area contributed by atoms with Gasteiger partial charge in [0, 0.05) is 30.6 Å². The maximum atomic E-state index is 12.5. The Morgan fingerprint density at radius 2 is 2.26 bits per heavy atom. The molecule has 1 aliphatic carbocycles. The van der Waals surface area contributed by atoms with Crippen LogP contribution in [0.3, 0.4) is 0 Å². The van der Waals surface area contributed by atoms with Gasteiger partial charge in [0.15, 0.2) is 5.17 Å². The van der Waals surface area contributed by atoms with Gasteiger partial charge in [0.05, 0.1) is 0 Å². The predicted molar refractivity (Wildman–Crippen MR) is 93.0 cm³/mol. The molecule has 0 radical (unpaired) electrons. The summed E-state index contributed by atoms with van der Waals surface area (Å²) in [6.07, 6.45) is 6.36. The number of rotatable bonds is 5. The van der Waals surface area contributed by atoms with E-state index in [1.807, 2.05) is 12.3 Å². The summed E-state index contributed by atoms with van der Waals surface area (Å²) in [7, 11) is 0. The zero-order chi connectivity index (χ0) is 16.2. The van der Waals surface area contributed by atoms with E-state index in [1.54, 1.807) is 11.1 Å². The Morgan fingerprint density at radius 3 is 2.91 bits per heavy atom. The van der Waals surface area contributed by atoms with Crippen LogP contribution in [0.15, 0.2) is 16.6 Å². The van der Waals surface area contributed by atoms with Gasteiger partial charge in [-0.3, -0.25) is 14.5 Å². The average Bonchev–Trinajstić information content (AvgIpc) is 3.24. The topological polar surface area (TPSA) is 74.7 Å². The minimum absolute atomic E-state index is 0.0330. The molecule has 1 atom stereocenters. The number of carbonyl (C=O) groups excluding carboxylic acids is 2. The molecule has 8 heteroatoms. The lowest BCUT2D eigenvalue weighted by Gasteiger charge is -2.14. The van der Waals surface area contributed by atoms with Crippen molar-refractivity contribution in [2.45, 2.75) is 50.3 Å². The van der Waals surface area contributed by atoms with Crippen molar-refractivity contribution >= 4 is 45.2 Å². The number of carbonyl (C=O) groups is 2. The number of nitrogens with one attached hydrogen (secondary N) is 1. The highest BCUT2D eigenvalue weighted by Crippen LogP contribution is 2.32. The summed E-state index contributed by atoms with van der Waals surface area (Å²) in [5.41, 5.74) is 0. The van der Waals surface area contributed by atoms with E-state index in [1.165, 1.54) is 35.9 Å². The molecule has 0 spiro atoms. The lowest BCUT2D eigenvalue weighted by atomic mass is 10.2. The average molecular weight is 352 g/mol. The van der Waals surface area contributed by atoms with Gasteiger partial charge in [0.2, 0.25) is 16.9 Å². The van der Waals surface area contributed by atoms with Crippen LogP contribution < -0.4 is 5.32 Å². The van der Waals surface area contributed by atoms with Gasteiger partial charge in [-0.25, -0.2) is 4.98 Å². The molecule has 0 aromatic carbocycles. The maximum Gasteiger partial charge on any atom is 0.242 e. The zero-order valence-electron chi connectivity index (χ0n) is 13.0. The third kappa shape index (κ3) is 3.92. The highest BCUT2D eigenvalue weighted by molar-refractivity contribution is 8.15. The van der Waals surface area contributed by atoms with Crippen LogP contribution in [-0.2, 0) is 9.59 Å². The summed E-state index contributed by atoms with van der Waals surface area (Å²) in [6.45, 7) is 2.47. The fourth-order valence-corrected chi connectivity index (χ4v) is 4.66. The molecule has 1 unspecified atom stereocenters. The Bertz CT molecular complexity index is 597. The van der Waals surface area contributed by atoms with Crippen molar-refractivity contribution in [3.8, 4) is 0 Å². The summed E-state index contributed by atoms with van der Waals surface area (Å²) in [6, 6.07) is 0.287. The molecule has 1 saturated heterocycles. The lowest BCUT2D eigenvalue weighted by molar-refractivity contribution is -0.129. The Hall–Kier alpha value is -1.41. The van der Waals surface area contributed by atoms with Crippen LogP contribution in [0, 0.1) is 0 Å². The predicted octanol–water partition coefficient (Wildman–Crippen LogP) is 2.54. The van der Waals surface area contributed by atoms with Crippen molar-refractivity contribution in [3.63, 3.8) is 0 Å². The van der Waals surface area contributed by atoms with Gasteiger partial charge in [0.25, 0.3) is 0 Å². The first-order valence-corrected chi connectivity index (χ1v) is 9.69. The molecule has 1 aliphatic heterocycles. The van der Waals surface area contributed by atoms with Gasteiger partial charge >= 0.3 is 0 Å². The summed E-state index contributed by atoms with van der Waals surface area (Å²) >= 11 is 2.80. The molecule has 6 nitrogen and oxygen atoms in total. The van der Waals surface area contributed by atoms with E-state index in [4.69, 9.17) is 0 Å². The van der Waals surface area contributed by atoms with Crippen LogP contribution >= 0.6 is 23.1 Å². The fraction of sp³-hybridized carbons (Fsp3) is 0.600. The summed E-state index contributed by atoms with van der Waals surface area (Å²) in [5, 5.41) is 5.80. The number of aromatic nitrogens is 1. The van der Waals surface area contributed by atoms with Gasteiger partial charge < -0.3 is 5.32 Å². The van der Waals surface area contributed by atoms with E-state index >= 15 is 0 Å². The highest BCUT2D eigenvalue weighted by atomic mass is 32.2. The Kier molecular flexibility index (Phi) is 5.32. The Labute approximate surface area is 143 Å². The quantitative estimate of drug-likeness (QED) is 0.884. The van der Waals surface area contributed by atoms with Crippen LogP contribution in [0.4, 0.5) is 5.13 Å². The van der Waals surface area contributed by atoms with E-state index in [0.29, 0.717) is 16.8 Å². The molecule has 1 saturated carbocycles. The normalized spacial score (nSPS) is 23.9. The number of thioether (sulfide) groups is 1. The van der Waals surface area contributed by atoms with Crippen LogP contribution in [0.5, 0.6) is 0 Å². The molecule has 2 aliphatic rings. The first kappa shape index (κ1) is 16.4. The van der Waals surface area contributed by atoms with Gasteiger partial charge in [-0.2, -0.15) is 4.99 Å². The van der Waals surface area contributed by atoms with Crippen LogP contribution in [0.1, 0.15) is 39.0 Å². The highest BCUT2D eigenvalue weighted by Gasteiger charge is 2.38. The molecule has 1 N–H and O–H groups in total. The molecule has 1 aromatic heterocycles. The Balaban J connectivity index is 1.63.